The number of hydrogen-bond acceptors (Lipinski definition) is 5. The molecule has 96 valence electrons. The number of rotatable bonds is 4. The summed E-state index contributed by atoms with van der Waals surface area (Å²) >= 11 is 3.23. The van der Waals surface area contributed by atoms with Crippen LogP contribution in [-0.4, -0.2) is 15.2 Å². The summed E-state index contributed by atoms with van der Waals surface area (Å²) in [5, 5.41) is 13.0. The Morgan fingerprint density at radius 2 is 2.05 bits per heavy atom. The second-order valence-electron chi connectivity index (χ2n) is 3.99. The number of thiophene rings is 1. The third-order valence-electron chi connectivity index (χ3n) is 2.47. The Labute approximate surface area is 119 Å². The maximum Gasteiger partial charge on any atom is 0.223 e. The van der Waals surface area contributed by atoms with E-state index in [4.69, 9.17) is 0 Å². The molecule has 0 aliphatic carbocycles. The van der Waals surface area contributed by atoms with E-state index in [9.17, 15) is 0 Å². The van der Waals surface area contributed by atoms with E-state index in [2.05, 4.69) is 45.6 Å². The lowest BCUT2D eigenvalue weighted by atomic mass is 10.2. The first-order valence-corrected chi connectivity index (χ1v) is 7.47. The van der Waals surface area contributed by atoms with Crippen LogP contribution in [0.2, 0.25) is 0 Å². The Kier molecular flexibility index (Phi) is 3.52. The minimum Gasteiger partial charge on any atom is -0.325 e. The maximum atomic E-state index is 4.39. The molecule has 3 rings (SSSR count). The first-order chi connectivity index (χ1) is 9.29. The van der Waals surface area contributed by atoms with Gasteiger partial charge in [-0.3, -0.25) is 0 Å². The molecule has 19 heavy (non-hydrogen) atoms. The van der Waals surface area contributed by atoms with Crippen LogP contribution >= 0.6 is 23.1 Å². The molecule has 3 aromatic rings. The molecular weight excluding hydrogens is 276 g/mol. The fraction of sp³-hybridized carbons (Fsp3) is 0.0769. The number of aromatic amines is 1. The lowest BCUT2D eigenvalue weighted by Crippen LogP contribution is -1.92. The molecule has 4 nitrogen and oxygen atoms in total. The number of H-pyrrole nitrogens is 1. The van der Waals surface area contributed by atoms with E-state index in [0.717, 1.165) is 10.8 Å². The molecule has 2 heterocycles. The average molecular weight is 288 g/mol. The van der Waals surface area contributed by atoms with Crippen LogP contribution in [0.5, 0.6) is 0 Å². The predicted octanol–water partition coefficient (Wildman–Crippen LogP) is 4.07. The minimum atomic E-state index is 0.655. The zero-order valence-electron chi connectivity index (χ0n) is 10.3. The third-order valence-corrected chi connectivity index (χ3v) is 4.37. The molecule has 0 fully saturated rings. The largest absolute Gasteiger partial charge is 0.325 e. The van der Waals surface area contributed by atoms with Crippen molar-refractivity contribution >= 4 is 34.7 Å². The van der Waals surface area contributed by atoms with E-state index in [1.807, 2.05) is 23.6 Å². The van der Waals surface area contributed by atoms with Gasteiger partial charge < -0.3 is 5.32 Å². The Morgan fingerprint density at radius 3 is 2.79 bits per heavy atom. The smallest absolute Gasteiger partial charge is 0.223 e. The number of hydrogen-bond donors (Lipinski definition) is 2. The fourth-order valence-corrected chi connectivity index (χ4v) is 3.12. The number of benzene rings is 1. The minimum absolute atomic E-state index is 0.655. The molecule has 0 aliphatic rings. The first-order valence-electron chi connectivity index (χ1n) is 5.77. The normalized spacial score (nSPS) is 10.6. The van der Waals surface area contributed by atoms with Gasteiger partial charge in [-0.2, -0.15) is 4.98 Å². The van der Waals surface area contributed by atoms with Crippen LogP contribution in [0.1, 0.15) is 5.56 Å². The van der Waals surface area contributed by atoms with Crippen molar-refractivity contribution in [3.8, 4) is 0 Å². The van der Waals surface area contributed by atoms with Gasteiger partial charge in [0, 0.05) is 5.69 Å². The van der Waals surface area contributed by atoms with E-state index in [1.165, 1.54) is 9.77 Å². The van der Waals surface area contributed by atoms with Crippen molar-refractivity contribution in [2.75, 3.05) is 5.32 Å². The van der Waals surface area contributed by atoms with Crippen LogP contribution in [0.4, 0.5) is 11.6 Å². The van der Waals surface area contributed by atoms with E-state index in [0.29, 0.717) is 5.95 Å². The molecule has 0 unspecified atom stereocenters. The van der Waals surface area contributed by atoms with Crippen LogP contribution in [0.15, 0.2) is 51.1 Å². The van der Waals surface area contributed by atoms with E-state index in [1.54, 1.807) is 23.1 Å². The van der Waals surface area contributed by atoms with E-state index in [-0.39, 0.29) is 0 Å². The van der Waals surface area contributed by atoms with Gasteiger partial charge in [0.15, 0.2) is 0 Å². The molecule has 0 spiro atoms. The van der Waals surface area contributed by atoms with Gasteiger partial charge in [-0.25, -0.2) is 5.10 Å². The van der Waals surface area contributed by atoms with Crippen LogP contribution in [0.25, 0.3) is 0 Å². The van der Waals surface area contributed by atoms with Crippen molar-refractivity contribution in [2.24, 2.45) is 0 Å². The SMILES string of the molecule is Cc1ccc(Nc2nc(Sc3cccs3)n[nH]2)cc1. The highest BCUT2D eigenvalue weighted by Gasteiger charge is 2.05. The molecule has 6 heteroatoms. The molecule has 0 aliphatic heterocycles. The summed E-state index contributed by atoms with van der Waals surface area (Å²) in [4.78, 5) is 4.39. The van der Waals surface area contributed by atoms with Gasteiger partial charge in [-0.1, -0.05) is 23.8 Å². The predicted molar refractivity (Wildman–Crippen MR) is 79.3 cm³/mol. The van der Waals surface area contributed by atoms with Crippen LogP contribution in [0, 0.1) is 6.92 Å². The number of aromatic nitrogens is 3. The summed E-state index contributed by atoms with van der Waals surface area (Å²) < 4.78 is 1.18. The van der Waals surface area contributed by atoms with Crippen molar-refractivity contribution in [3.05, 3.63) is 47.3 Å². The Hall–Kier alpha value is -1.79. The number of aryl methyl sites for hydroxylation is 1. The summed E-state index contributed by atoms with van der Waals surface area (Å²) in [6.45, 7) is 2.06. The van der Waals surface area contributed by atoms with Gasteiger partial charge in [0.2, 0.25) is 11.1 Å². The van der Waals surface area contributed by atoms with Crippen molar-refractivity contribution in [3.63, 3.8) is 0 Å². The lowest BCUT2D eigenvalue weighted by Gasteiger charge is -2.01. The molecule has 0 radical (unpaired) electrons. The number of nitrogens with one attached hydrogen (secondary N) is 2. The van der Waals surface area contributed by atoms with Gasteiger partial charge in [0.25, 0.3) is 0 Å². The van der Waals surface area contributed by atoms with Gasteiger partial charge >= 0.3 is 0 Å². The second kappa shape index (κ2) is 5.46. The molecule has 0 atom stereocenters. The van der Waals surface area contributed by atoms with Crippen molar-refractivity contribution in [1.29, 1.82) is 0 Å². The molecule has 2 aromatic heterocycles. The summed E-state index contributed by atoms with van der Waals surface area (Å²) in [5.41, 5.74) is 2.23. The first kappa shape index (κ1) is 12.3. The topological polar surface area (TPSA) is 53.6 Å². The average Bonchev–Trinajstić information content (AvgIpc) is 3.05. The summed E-state index contributed by atoms with van der Waals surface area (Å²) in [5.74, 6) is 0.655. The van der Waals surface area contributed by atoms with Crippen LogP contribution in [0.3, 0.4) is 0 Å². The van der Waals surface area contributed by atoms with Gasteiger partial charge in [-0.15, -0.1) is 16.4 Å². The van der Waals surface area contributed by atoms with Gasteiger partial charge in [0.1, 0.15) is 0 Å². The Balaban J connectivity index is 1.69. The number of nitrogens with zero attached hydrogens (tertiary/aromatic N) is 2. The monoisotopic (exact) mass is 288 g/mol. The number of anilines is 2. The maximum absolute atomic E-state index is 4.39. The van der Waals surface area contributed by atoms with Crippen molar-refractivity contribution < 1.29 is 0 Å². The van der Waals surface area contributed by atoms with E-state index >= 15 is 0 Å². The summed E-state index contributed by atoms with van der Waals surface area (Å²) in [6, 6.07) is 12.2. The molecule has 1 aromatic carbocycles. The third kappa shape index (κ3) is 3.15. The quantitative estimate of drug-likeness (QED) is 0.760. The highest BCUT2D eigenvalue weighted by atomic mass is 32.2. The van der Waals surface area contributed by atoms with Gasteiger partial charge in [0.05, 0.1) is 4.21 Å². The van der Waals surface area contributed by atoms with E-state index < -0.39 is 0 Å². The van der Waals surface area contributed by atoms with Crippen LogP contribution in [-0.2, 0) is 0 Å². The zero-order chi connectivity index (χ0) is 13.1. The summed E-state index contributed by atoms with van der Waals surface area (Å²) in [6.07, 6.45) is 0. The Morgan fingerprint density at radius 1 is 1.21 bits per heavy atom. The summed E-state index contributed by atoms with van der Waals surface area (Å²) in [7, 11) is 0. The molecule has 2 N–H and O–H groups in total. The van der Waals surface area contributed by atoms with Crippen molar-refractivity contribution in [2.45, 2.75) is 16.3 Å². The van der Waals surface area contributed by atoms with Crippen LogP contribution < -0.4 is 5.32 Å². The molecular formula is C13H12N4S2. The van der Waals surface area contributed by atoms with Crippen molar-refractivity contribution in [1.82, 2.24) is 15.2 Å². The standard InChI is InChI=1S/C13H12N4S2/c1-9-4-6-10(7-5-9)14-12-15-13(17-16-12)19-11-3-2-8-18-11/h2-8H,1H3,(H2,14,15,16,17). The highest BCUT2D eigenvalue weighted by Crippen LogP contribution is 2.29. The second-order valence-corrected chi connectivity index (χ2v) is 6.21. The molecule has 0 amide bonds. The van der Waals surface area contributed by atoms with Gasteiger partial charge in [-0.05, 0) is 42.3 Å². The Bertz CT molecular complexity index is 644. The highest BCUT2D eigenvalue weighted by molar-refractivity contribution is 8.01. The molecule has 0 saturated heterocycles. The zero-order valence-corrected chi connectivity index (χ0v) is 11.9. The lowest BCUT2D eigenvalue weighted by molar-refractivity contribution is 0.975. The molecule has 0 saturated carbocycles. The molecule has 0 bridgehead atoms. The fourth-order valence-electron chi connectivity index (χ4n) is 1.53.